The Bertz CT molecular complexity index is 874. The summed E-state index contributed by atoms with van der Waals surface area (Å²) in [6.07, 6.45) is 3.84. The van der Waals surface area contributed by atoms with Gasteiger partial charge in [0.1, 0.15) is 0 Å². The van der Waals surface area contributed by atoms with Crippen LogP contribution < -0.4 is 0 Å². The maximum Gasteiger partial charge on any atom is 0.178 e. The number of fused-ring (bicyclic) bond motifs is 3. The van der Waals surface area contributed by atoms with Gasteiger partial charge in [0, 0.05) is 24.1 Å². The Kier molecular flexibility index (Phi) is 2.87. The fourth-order valence-electron chi connectivity index (χ4n) is 3.28. The summed E-state index contributed by atoms with van der Waals surface area (Å²) >= 11 is 5.61. The zero-order valence-electron chi connectivity index (χ0n) is 11.9. The number of nitrogens with one attached hydrogen (secondary N) is 1. The van der Waals surface area contributed by atoms with Crippen LogP contribution >= 0.6 is 12.2 Å². The van der Waals surface area contributed by atoms with Gasteiger partial charge < -0.3 is 14.3 Å². The van der Waals surface area contributed by atoms with Gasteiger partial charge in [-0.2, -0.15) is 0 Å². The van der Waals surface area contributed by atoms with E-state index in [9.17, 15) is 0 Å². The van der Waals surface area contributed by atoms with E-state index in [1.165, 1.54) is 0 Å². The van der Waals surface area contributed by atoms with Crippen LogP contribution in [0.15, 0.2) is 30.5 Å². The van der Waals surface area contributed by atoms with Crippen LogP contribution in [0.1, 0.15) is 19.8 Å². The van der Waals surface area contributed by atoms with Gasteiger partial charge in [-0.25, -0.2) is 0 Å². The fraction of sp³-hybridized carbons (Fsp3) is 0.375. The van der Waals surface area contributed by atoms with Crippen molar-refractivity contribution in [3.05, 3.63) is 35.2 Å². The van der Waals surface area contributed by atoms with Crippen LogP contribution in [0.3, 0.4) is 0 Å². The van der Waals surface area contributed by atoms with Crippen molar-refractivity contribution in [2.75, 3.05) is 13.2 Å². The Morgan fingerprint density at radius 1 is 1.29 bits per heavy atom. The molecule has 1 aromatic carbocycles. The predicted octanol–water partition coefficient (Wildman–Crippen LogP) is 3.77. The Hall–Kier alpha value is -1.72. The molecule has 0 saturated carbocycles. The number of pyridine rings is 1. The average Bonchev–Trinajstić information content (AvgIpc) is 2.85. The molecule has 1 N–H and O–H groups in total. The first kappa shape index (κ1) is 13.0. The number of aromatic nitrogens is 3. The van der Waals surface area contributed by atoms with E-state index in [1.54, 1.807) is 0 Å². The molecular formula is C16H17N3OS. The normalized spacial score (nSPS) is 18.3. The molecule has 0 atom stereocenters. The lowest BCUT2D eigenvalue weighted by atomic mass is 9.92. The number of nitrogens with zero attached hydrogens (tertiary/aromatic N) is 2. The second-order valence-electron chi connectivity index (χ2n) is 5.91. The minimum atomic E-state index is -0.00227. The maximum absolute atomic E-state index is 5.61. The number of aromatic amines is 1. The molecule has 0 bridgehead atoms. The summed E-state index contributed by atoms with van der Waals surface area (Å²) < 4.78 is 8.59. The van der Waals surface area contributed by atoms with E-state index >= 15 is 0 Å². The molecule has 3 aromatic rings. The summed E-state index contributed by atoms with van der Waals surface area (Å²) in [5.74, 6) is 0. The van der Waals surface area contributed by atoms with E-state index in [0.29, 0.717) is 0 Å². The first-order valence-corrected chi connectivity index (χ1v) is 7.67. The van der Waals surface area contributed by atoms with E-state index in [0.717, 1.165) is 52.8 Å². The molecule has 0 unspecified atom stereocenters. The lowest BCUT2D eigenvalue weighted by molar-refractivity contribution is 0.0307. The first-order chi connectivity index (χ1) is 10.2. The molecule has 0 amide bonds. The van der Waals surface area contributed by atoms with Crippen molar-refractivity contribution in [1.29, 1.82) is 0 Å². The number of hydrogen-bond acceptors (Lipinski definition) is 3. The third-order valence-corrected chi connectivity index (χ3v) is 4.81. The first-order valence-electron chi connectivity index (χ1n) is 7.26. The highest BCUT2D eigenvalue weighted by atomic mass is 32.1. The maximum atomic E-state index is 5.61. The van der Waals surface area contributed by atoms with E-state index in [2.05, 4.69) is 33.6 Å². The standard InChI is InChI=1S/C16H17N3OS/c1-16(6-8-20-9-7-16)19-14-11-4-2-3-5-12(11)17-10-13(14)18-15(19)21/h2-5,10H,6-9H2,1H3,(H,18,21). The van der Waals surface area contributed by atoms with Crippen molar-refractivity contribution in [3.8, 4) is 0 Å². The molecule has 1 aliphatic rings. The van der Waals surface area contributed by atoms with E-state index in [4.69, 9.17) is 17.0 Å². The van der Waals surface area contributed by atoms with Crippen LogP contribution in [-0.4, -0.2) is 27.7 Å². The summed E-state index contributed by atoms with van der Waals surface area (Å²) in [6, 6.07) is 8.23. The summed E-state index contributed by atoms with van der Waals surface area (Å²) in [7, 11) is 0. The summed E-state index contributed by atoms with van der Waals surface area (Å²) in [4.78, 5) is 7.83. The van der Waals surface area contributed by atoms with Gasteiger partial charge in [0.15, 0.2) is 4.77 Å². The van der Waals surface area contributed by atoms with Crippen molar-refractivity contribution < 1.29 is 4.74 Å². The number of imidazole rings is 1. The van der Waals surface area contributed by atoms with Crippen LogP contribution in [0.25, 0.3) is 21.9 Å². The van der Waals surface area contributed by atoms with Gasteiger partial charge >= 0.3 is 0 Å². The summed E-state index contributed by atoms with van der Waals surface area (Å²) in [6.45, 7) is 3.84. The SMILES string of the molecule is CC1(n2c(=S)[nH]c3cnc4ccccc4c32)CCOCC1. The van der Waals surface area contributed by atoms with Crippen LogP contribution in [0, 0.1) is 4.77 Å². The van der Waals surface area contributed by atoms with Gasteiger partial charge in [-0.05, 0) is 38.0 Å². The fourth-order valence-corrected chi connectivity index (χ4v) is 3.70. The van der Waals surface area contributed by atoms with E-state index in [-0.39, 0.29) is 5.54 Å². The monoisotopic (exact) mass is 299 g/mol. The highest BCUT2D eigenvalue weighted by Crippen LogP contribution is 2.34. The van der Waals surface area contributed by atoms with Gasteiger partial charge in [-0.1, -0.05) is 18.2 Å². The molecular weight excluding hydrogens is 282 g/mol. The van der Waals surface area contributed by atoms with Crippen LogP contribution in [0.4, 0.5) is 0 Å². The van der Waals surface area contributed by atoms with Crippen LogP contribution in [-0.2, 0) is 10.3 Å². The third kappa shape index (κ3) is 1.92. The van der Waals surface area contributed by atoms with Gasteiger partial charge in [0.25, 0.3) is 0 Å². The zero-order chi connectivity index (χ0) is 14.4. The predicted molar refractivity (Wildman–Crippen MR) is 86.1 cm³/mol. The Morgan fingerprint density at radius 2 is 2.05 bits per heavy atom. The molecule has 4 rings (SSSR count). The van der Waals surface area contributed by atoms with Crippen LogP contribution in [0.5, 0.6) is 0 Å². The molecule has 21 heavy (non-hydrogen) atoms. The molecule has 1 fully saturated rings. The molecule has 2 aromatic heterocycles. The van der Waals surface area contributed by atoms with Gasteiger partial charge in [-0.3, -0.25) is 4.98 Å². The highest BCUT2D eigenvalue weighted by Gasteiger charge is 2.31. The molecule has 108 valence electrons. The zero-order valence-corrected chi connectivity index (χ0v) is 12.7. The summed E-state index contributed by atoms with van der Waals surface area (Å²) in [5.41, 5.74) is 3.17. The number of hydrogen-bond donors (Lipinski definition) is 1. The van der Waals surface area contributed by atoms with Crippen molar-refractivity contribution in [2.24, 2.45) is 0 Å². The second-order valence-corrected chi connectivity index (χ2v) is 6.30. The van der Waals surface area contributed by atoms with Crippen molar-refractivity contribution in [2.45, 2.75) is 25.3 Å². The van der Waals surface area contributed by atoms with E-state index in [1.807, 2.05) is 18.3 Å². The molecule has 0 aliphatic carbocycles. The van der Waals surface area contributed by atoms with Crippen molar-refractivity contribution in [3.63, 3.8) is 0 Å². The second kappa shape index (κ2) is 4.64. The minimum absolute atomic E-state index is 0.00227. The highest BCUT2D eigenvalue weighted by molar-refractivity contribution is 7.71. The van der Waals surface area contributed by atoms with Gasteiger partial charge in [-0.15, -0.1) is 0 Å². The lowest BCUT2D eigenvalue weighted by Crippen LogP contribution is -2.36. The van der Waals surface area contributed by atoms with Crippen molar-refractivity contribution >= 4 is 34.2 Å². The van der Waals surface area contributed by atoms with E-state index < -0.39 is 0 Å². The third-order valence-electron chi connectivity index (χ3n) is 4.53. The number of H-pyrrole nitrogens is 1. The molecule has 1 aliphatic heterocycles. The largest absolute Gasteiger partial charge is 0.381 e. The topological polar surface area (TPSA) is 42.8 Å². The number of benzene rings is 1. The molecule has 1 saturated heterocycles. The Morgan fingerprint density at radius 3 is 2.86 bits per heavy atom. The molecule has 0 spiro atoms. The summed E-state index contributed by atoms with van der Waals surface area (Å²) in [5, 5.41) is 1.15. The number of ether oxygens (including phenoxy) is 1. The number of rotatable bonds is 1. The van der Waals surface area contributed by atoms with Gasteiger partial charge in [0.05, 0.1) is 22.7 Å². The average molecular weight is 299 g/mol. The Balaban J connectivity index is 2.10. The smallest absolute Gasteiger partial charge is 0.178 e. The molecule has 5 heteroatoms. The molecule has 4 nitrogen and oxygen atoms in total. The van der Waals surface area contributed by atoms with Crippen LogP contribution in [0.2, 0.25) is 0 Å². The molecule has 0 radical (unpaired) electrons. The lowest BCUT2D eigenvalue weighted by Gasteiger charge is -2.35. The van der Waals surface area contributed by atoms with Crippen molar-refractivity contribution in [1.82, 2.24) is 14.5 Å². The minimum Gasteiger partial charge on any atom is -0.381 e. The molecule has 3 heterocycles. The van der Waals surface area contributed by atoms with Gasteiger partial charge in [0.2, 0.25) is 0 Å². The number of para-hydroxylation sites is 1. The quantitative estimate of drug-likeness (QED) is 0.696. The Labute approximate surface area is 127 Å².